The Morgan fingerprint density at radius 2 is 2.14 bits per heavy atom. The second kappa shape index (κ2) is 3.84. The summed E-state index contributed by atoms with van der Waals surface area (Å²) >= 11 is 0. The highest BCUT2D eigenvalue weighted by Crippen LogP contribution is 2.18. The predicted molar refractivity (Wildman–Crippen MR) is 43.1 cm³/mol. The van der Waals surface area contributed by atoms with E-state index >= 15 is 0 Å². The second-order valence-corrected chi connectivity index (χ2v) is 2.57. The van der Waals surface area contributed by atoms with Crippen molar-refractivity contribution in [2.45, 2.75) is 6.10 Å². The minimum absolute atomic E-state index is 0.0702. The van der Waals surface area contributed by atoms with E-state index in [9.17, 15) is 20.0 Å². The molecule has 0 saturated carbocycles. The van der Waals surface area contributed by atoms with Crippen molar-refractivity contribution in [3.05, 3.63) is 39.9 Å². The lowest BCUT2D eigenvalue weighted by Gasteiger charge is -2.10. The van der Waals surface area contributed by atoms with E-state index in [1.807, 2.05) is 0 Å². The van der Waals surface area contributed by atoms with Crippen molar-refractivity contribution in [2.75, 3.05) is 0 Å². The molecule has 1 aromatic rings. The smallest absolute Gasteiger partial charge is 0.269 e. The number of carboxylic acids is 1. The molecular formula is C8H6NO5-. The van der Waals surface area contributed by atoms with E-state index in [0.29, 0.717) is 0 Å². The van der Waals surface area contributed by atoms with Crippen LogP contribution >= 0.6 is 0 Å². The van der Waals surface area contributed by atoms with Gasteiger partial charge in [0.1, 0.15) is 6.10 Å². The fourth-order valence-electron chi connectivity index (χ4n) is 0.945. The van der Waals surface area contributed by atoms with Crippen LogP contribution in [0.4, 0.5) is 5.69 Å². The fraction of sp³-hybridized carbons (Fsp3) is 0.125. The van der Waals surface area contributed by atoms with Gasteiger partial charge in [-0.2, -0.15) is 0 Å². The number of non-ortho nitro benzene ring substituents is 1. The van der Waals surface area contributed by atoms with Gasteiger partial charge in [-0.25, -0.2) is 0 Å². The zero-order chi connectivity index (χ0) is 10.7. The van der Waals surface area contributed by atoms with Gasteiger partial charge in [-0.1, -0.05) is 12.1 Å². The van der Waals surface area contributed by atoms with Crippen molar-refractivity contribution in [3.63, 3.8) is 0 Å². The van der Waals surface area contributed by atoms with E-state index in [1.54, 1.807) is 0 Å². The van der Waals surface area contributed by atoms with Crippen LogP contribution in [0.2, 0.25) is 0 Å². The quantitative estimate of drug-likeness (QED) is 0.512. The molecule has 0 heterocycles. The summed E-state index contributed by atoms with van der Waals surface area (Å²) in [5.41, 5.74) is -0.345. The first-order chi connectivity index (χ1) is 6.52. The van der Waals surface area contributed by atoms with E-state index in [4.69, 9.17) is 5.11 Å². The van der Waals surface area contributed by atoms with Gasteiger partial charge in [0.25, 0.3) is 5.69 Å². The topological polar surface area (TPSA) is 104 Å². The SMILES string of the molecule is O=C([O-])C(O)c1cccc([N+](=O)[O-])c1. The Balaban J connectivity index is 3.05. The molecule has 1 rings (SSSR count). The summed E-state index contributed by atoms with van der Waals surface area (Å²) in [6.07, 6.45) is -1.84. The van der Waals surface area contributed by atoms with E-state index in [2.05, 4.69) is 0 Å². The molecule has 1 N–H and O–H groups in total. The average molecular weight is 196 g/mol. The molecule has 0 saturated heterocycles. The summed E-state index contributed by atoms with van der Waals surface area (Å²) in [6, 6.07) is 4.75. The van der Waals surface area contributed by atoms with E-state index in [0.717, 1.165) is 6.07 Å². The first-order valence-electron chi connectivity index (χ1n) is 3.65. The van der Waals surface area contributed by atoms with Gasteiger partial charge in [-0.15, -0.1) is 0 Å². The first kappa shape index (κ1) is 10.1. The van der Waals surface area contributed by atoms with Crippen LogP contribution in [0.15, 0.2) is 24.3 Å². The van der Waals surface area contributed by atoms with Crippen LogP contribution in [0.5, 0.6) is 0 Å². The van der Waals surface area contributed by atoms with Gasteiger partial charge >= 0.3 is 0 Å². The largest absolute Gasteiger partial charge is 0.547 e. The third kappa shape index (κ3) is 2.05. The molecule has 0 aliphatic rings. The number of nitro groups is 1. The Morgan fingerprint density at radius 1 is 1.50 bits per heavy atom. The average Bonchev–Trinajstić information content (AvgIpc) is 2.16. The Hall–Kier alpha value is -1.95. The molecule has 74 valence electrons. The standard InChI is InChI=1S/C8H7NO5/c10-7(8(11)12)5-2-1-3-6(4-5)9(13)14/h1-4,7,10H,(H,11,12)/p-1. The number of benzene rings is 1. The molecule has 1 aromatic carbocycles. The minimum Gasteiger partial charge on any atom is -0.547 e. The number of nitrogens with zero attached hydrogens (tertiary/aromatic N) is 1. The molecule has 14 heavy (non-hydrogen) atoms. The maximum absolute atomic E-state index is 10.3. The lowest BCUT2D eigenvalue weighted by atomic mass is 10.1. The van der Waals surface area contributed by atoms with Crippen LogP contribution < -0.4 is 5.11 Å². The highest BCUT2D eigenvalue weighted by molar-refractivity contribution is 5.72. The minimum atomic E-state index is -1.84. The number of carboxylic acid groups (broad SMARTS) is 1. The highest BCUT2D eigenvalue weighted by Gasteiger charge is 2.12. The van der Waals surface area contributed by atoms with Crippen LogP contribution in [-0.2, 0) is 4.79 Å². The molecule has 6 heteroatoms. The Labute approximate surface area is 78.6 Å². The fourth-order valence-corrected chi connectivity index (χ4v) is 0.945. The summed E-state index contributed by atoms with van der Waals surface area (Å²) in [5, 5.41) is 29.6. The number of aliphatic hydroxyl groups is 1. The van der Waals surface area contributed by atoms with Gasteiger partial charge < -0.3 is 15.0 Å². The van der Waals surface area contributed by atoms with Crippen LogP contribution in [0.25, 0.3) is 0 Å². The molecular weight excluding hydrogens is 190 g/mol. The molecule has 1 atom stereocenters. The Morgan fingerprint density at radius 3 is 2.64 bits per heavy atom. The summed E-state index contributed by atoms with van der Waals surface area (Å²) in [4.78, 5) is 19.9. The van der Waals surface area contributed by atoms with Crippen molar-refractivity contribution < 1.29 is 19.9 Å². The molecule has 0 aromatic heterocycles. The number of hydrogen-bond donors (Lipinski definition) is 1. The van der Waals surface area contributed by atoms with Gasteiger partial charge in [0.2, 0.25) is 0 Å². The molecule has 0 fully saturated rings. The number of carbonyl (C=O) groups excluding carboxylic acids is 1. The third-order valence-electron chi connectivity index (χ3n) is 1.62. The third-order valence-corrected chi connectivity index (χ3v) is 1.62. The van der Waals surface area contributed by atoms with Crippen LogP contribution in [0, 0.1) is 10.1 Å². The molecule has 0 amide bonds. The van der Waals surface area contributed by atoms with Gasteiger partial charge in [-0.3, -0.25) is 10.1 Å². The molecule has 0 bridgehead atoms. The zero-order valence-corrected chi connectivity index (χ0v) is 6.91. The summed E-state index contributed by atoms with van der Waals surface area (Å²) in [5.74, 6) is -1.69. The number of carbonyl (C=O) groups is 1. The van der Waals surface area contributed by atoms with Gasteiger partial charge in [0.15, 0.2) is 0 Å². The summed E-state index contributed by atoms with van der Waals surface area (Å²) in [6.45, 7) is 0. The van der Waals surface area contributed by atoms with Crippen LogP contribution in [-0.4, -0.2) is 16.0 Å². The normalized spacial score (nSPS) is 12.1. The zero-order valence-electron chi connectivity index (χ0n) is 6.91. The van der Waals surface area contributed by atoms with Crippen LogP contribution in [0.1, 0.15) is 11.7 Å². The lowest BCUT2D eigenvalue weighted by Crippen LogP contribution is -2.29. The molecule has 0 aliphatic carbocycles. The lowest BCUT2D eigenvalue weighted by molar-refractivity contribution is -0.385. The van der Waals surface area contributed by atoms with Crippen molar-refractivity contribution in [3.8, 4) is 0 Å². The van der Waals surface area contributed by atoms with Crippen molar-refractivity contribution in [1.82, 2.24) is 0 Å². The number of nitro benzene ring substituents is 1. The van der Waals surface area contributed by atoms with Crippen molar-refractivity contribution >= 4 is 11.7 Å². The van der Waals surface area contributed by atoms with Crippen LogP contribution in [0.3, 0.4) is 0 Å². The first-order valence-corrected chi connectivity index (χ1v) is 3.65. The number of aliphatic carboxylic acids is 1. The van der Waals surface area contributed by atoms with E-state index in [-0.39, 0.29) is 11.3 Å². The summed E-state index contributed by atoms with van der Waals surface area (Å²) in [7, 11) is 0. The van der Waals surface area contributed by atoms with E-state index < -0.39 is 17.0 Å². The second-order valence-electron chi connectivity index (χ2n) is 2.57. The number of rotatable bonds is 3. The maximum Gasteiger partial charge on any atom is 0.269 e. The molecule has 0 radical (unpaired) electrons. The maximum atomic E-state index is 10.3. The predicted octanol–water partition coefficient (Wildman–Crippen LogP) is -0.622. The van der Waals surface area contributed by atoms with Crippen molar-refractivity contribution in [1.29, 1.82) is 0 Å². The van der Waals surface area contributed by atoms with Crippen molar-refractivity contribution in [2.24, 2.45) is 0 Å². The monoisotopic (exact) mass is 196 g/mol. The summed E-state index contributed by atoms with van der Waals surface area (Å²) < 4.78 is 0. The van der Waals surface area contributed by atoms with Gasteiger partial charge in [0.05, 0.1) is 10.9 Å². The Kier molecular flexibility index (Phi) is 2.78. The molecule has 6 nitrogen and oxygen atoms in total. The van der Waals surface area contributed by atoms with E-state index in [1.165, 1.54) is 18.2 Å². The highest BCUT2D eigenvalue weighted by atomic mass is 16.6. The molecule has 0 spiro atoms. The number of hydrogen-bond acceptors (Lipinski definition) is 5. The van der Waals surface area contributed by atoms with Gasteiger partial charge in [0, 0.05) is 12.1 Å². The van der Waals surface area contributed by atoms with Gasteiger partial charge in [-0.05, 0) is 5.56 Å². The molecule has 1 unspecified atom stereocenters. The molecule has 0 aliphatic heterocycles. The number of aliphatic hydroxyl groups excluding tert-OH is 1. The Bertz CT molecular complexity index is 376.